The van der Waals surface area contributed by atoms with Crippen molar-refractivity contribution in [3.63, 3.8) is 0 Å². The summed E-state index contributed by atoms with van der Waals surface area (Å²) in [6, 6.07) is 2.93. The average Bonchev–Trinajstić information content (AvgIpc) is 2.65. The Balaban J connectivity index is 2.01. The standard InChI is InChI=1S/C19H30BN3O8/c1-11(20(29)30)7-12-3-4-14(15(16(12)25)17(26)27)31-13-8-23(9-13)10-19(2,21)18(28)22-5-6-24/h3-4,11,13,24-25,29-30H,5-10,21H2,1-2H3,(H,22,28)(H,26,27). The van der Waals surface area contributed by atoms with Crippen LogP contribution in [0.25, 0.3) is 0 Å². The SMILES string of the molecule is CC(Cc1ccc(OC2CN(CC(C)(N)C(=O)NCCO)C2)c(C(=O)O)c1O)B(O)O. The lowest BCUT2D eigenvalue weighted by atomic mass is 9.71. The first-order valence-electron chi connectivity index (χ1n) is 9.97. The largest absolute Gasteiger partial charge is 0.507 e. The van der Waals surface area contributed by atoms with Crippen molar-refractivity contribution in [2.45, 2.75) is 37.7 Å². The third-order valence-corrected chi connectivity index (χ3v) is 5.17. The van der Waals surface area contributed by atoms with Crippen LogP contribution in [0.1, 0.15) is 29.8 Å². The molecule has 1 aliphatic rings. The molecule has 0 radical (unpaired) electrons. The first-order valence-corrected chi connectivity index (χ1v) is 9.97. The Labute approximate surface area is 180 Å². The molecule has 1 aliphatic heterocycles. The summed E-state index contributed by atoms with van der Waals surface area (Å²) in [5.74, 6) is -2.81. The fourth-order valence-corrected chi connectivity index (χ4v) is 3.35. The maximum Gasteiger partial charge on any atom is 0.454 e. The molecule has 1 fully saturated rings. The van der Waals surface area contributed by atoms with Crippen molar-refractivity contribution < 1.29 is 39.7 Å². The second-order valence-corrected chi connectivity index (χ2v) is 8.18. The number of aliphatic hydroxyl groups is 1. The molecule has 0 aromatic heterocycles. The third kappa shape index (κ3) is 6.31. The Morgan fingerprint density at radius 2 is 2.03 bits per heavy atom. The van der Waals surface area contributed by atoms with Crippen LogP contribution in [0.4, 0.5) is 0 Å². The topological polar surface area (TPSA) is 186 Å². The first-order chi connectivity index (χ1) is 14.5. The summed E-state index contributed by atoms with van der Waals surface area (Å²) in [5, 5.41) is 49.7. The Hall–Kier alpha value is -2.38. The number of carboxylic acids is 1. The number of carboxylic acid groups (broad SMARTS) is 1. The van der Waals surface area contributed by atoms with E-state index in [9.17, 15) is 29.9 Å². The molecular weight excluding hydrogens is 409 g/mol. The number of rotatable bonds is 11. The molecule has 31 heavy (non-hydrogen) atoms. The molecule has 172 valence electrons. The van der Waals surface area contributed by atoms with Gasteiger partial charge in [0.2, 0.25) is 5.91 Å². The normalized spacial score (nSPS) is 17.4. The van der Waals surface area contributed by atoms with Crippen molar-refractivity contribution in [2.24, 2.45) is 5.73 Å². The van der Waals surface area contributed by atoms with Crippen molar-refractivity contribution in [2.75, 3.05) is 32.8 Å². The number of aromatic hydroxyl groups is 1. The second-order valence-electron chi connectivity index (χ2n) is 8.18. The highest BCUT2D eigenvalue weighted by molar-refractivity contribution is 6.43. The zero-order chi connectivity index (χ0) is 23.3. The van der Waals surface area contributed by atoms with E-state index < -0.39 is 30.2 Å². The highest BCUT2D eigenvalue weighted by Gasteiger charge is 2.37. The minimum absolute atomic E-state index is 0.00630. The van der Waals surface area contributed by atoms with E-state index in [4.69, 9.17) is 15.6 Å². The molecule has 1 amide bonds. The number of nitrogens with two attached hydrogens (primary N) is 1. The molecule has 2 atom stereocenters. The first kappa shape index (κ1) is 24.9. The van der Waals surface area contributed by atoms with Crippen molar-refractivity contribution in [3.05, 3.63) is 23.3 Å². The van der Waals surface area contributed by atoms with Crippen LogP contribution in [0, 0.1) is 0 Å². The van der Waals surface area contributed by atoms with E-state index in [0.29, 0.717) is 13.1 Å². The maximum absolute atomic E-state index is 12.0. The number of aliphatic hydroxyl groups excluding tert-OH is 1. The number of likely N-dealkylation sites (tertiary alicyclic amines) is 1. The zero-order valence-corrected chi connectivity index (χ0v) is 17.6. The predicted molar refractivity (Wildman–Crippen MR) is 112 cm³/mol. The molecule has 1 heterocycles. The van der Waals surface area contributed by atoms with Crippen LogP contribution >= 0.6 is 0 Å². The molecule has 2 rings (SSSR count). The third-order valence-electron chi connectivity index (χ3n) is 5.17. The van der Waals surface area contributed by atoms with E-state index in [1.807, 2.05) is 4.90 Å². The van der Waals surface area contributed by atoms with Crippen molar-refractivity contribution in [1.82, 2.24) is 10.2 Å². The number of carbonyl (C=O) groups excluding carboxylic acids is 1. The number of carbonyl (C=O) groups is 2. The summed E-state index contributed by atoms with van der Waals surface area (Å²) in [5.41, 5.74) is 4.77. The monoisotopic (exact) mass is 439 g/mol. The predicted octanol–water partition coefficient (Wildman–Crippen LogP) is -1.62. The van der Waals surface area contributed by atoms with Gasteiger partial charge in [-0.05, 0) is 30.8 Å². The lowest BCUT2D eigenvalue weighted by Gasteiger charge is -2.42. The van der Waals surface area contributed by atoms with Gasteiger partial charge < -0.3 is 41.2 Å². The molecule has 0 aliphatic carbocycles. The van der Waals surface area contributed by atoms with Gasteiger partial charge in [-0.3, -0.25) is 9.69 Å². The molecule has 0 spiro atoms. The van der Waals surface area contributed by atoms with Gasteiger partial charge in [0, 0.05) is 26.2 Å². The number of hydrogen-bond acceptors (Lipinski definition) is 9. The van der Waals surface area contributed by atoms with Crippen molar-refractivity contribution in [1.29, 1.82) is 0 Å². The second kappa shape index (κ2) is 10.3. The van der Waals surface area contributed by atoms with Crippen LogP contribution in [-0.4, -0.2) is 93.7 Å². The number of phenols is 1. The number of nitrogens with zero attached hydrogens (tertiary/aromatic N) is 1. The Morgan fingerprint density at radius 1 is 1.39 bits per heavy atom. The van der Waals surface area contributed by atoms with Crippen LogP contribution in [0.3, 0.4) is 0 Å². The zero-order valence-electron chi connectivity index (χ0n) is 17.6. The summed E-state index contributed by atoms with van der Waals surface area (Å²) in [6.45, 7) is 4.15. The Bertz CT molecular complexity index is 799. The number of amides is 1. The van der Waals surface area contributed by atoms with Gasteiger partial charge in [-0.1, -0.05) is 13.0 Å². The lowest BCUT2D eigenvalue weighted by molar-refractivity contribution is -0.127. The number of hydrogen-bond donors (Lipinski definition) is 7. The number of nitrogens with one attached hydrogen (secondary N) is 1. The number of benzene rings is 1. The molecule has 1 aromatic carbocycles. The highest BCUT2D eigenvalue weighted by atomic mass is 16.5. The van der Waals surface area contributed by atoms with Gasteiger partial charge in [-0.15, -0.1) is 0 Å². The van der Waals surface area contributed by atoms with Gasteiger partial charge in [0.05, 0.1) is 6.61 Å². The molecule has 11 nitrogen and oxygen atoms in total. The summed E-state index contributed by atoms with van der Waals surface area (Å²) in [4.78, 5) is 25.6. The molecule has 0 bridgehead atoms. The average molecular weight is 439 g/mol. The van der Waals surface area contributed by atoms with E-state index >= 15 is 0 Å². The molecular formula is C19H30BN3O8. The summed E-state index contributed by atoms with van der Waals surface area (Å²) >= 11 is 0. The summed E-state index contributed by atoms with van der Waals surface area (Å²) in [7, 11) is -1.59. The Kier molecular flexibility index (Phi) is 8.26. The van der Waals surface area contributed by atoms with Crippen LogP contribution < -0.4 is 15.8 Å². The molecule has 12 heteroatoms. The van der Waals surface area contributed by atoms with Gasteiger partial charge in [-0.2, -0.15) is 0 Å². The highest BCUT2D eigenvalue weighted by Crippen LogP contribution is 2.35. The molecule has 1 aromatic rings. The summed E-state index contributed by atoms with van der Waals surface area (Å²) in [6.07, 6.45) is -0.271. The van der Waals surface area contributed by atoms with E-state index in [1.165, 1.54) is 12.1 Å². The fourth-order valence-electron chi connectivity index (χ4n) is 3.35. The lowest BCUT2D eigenvalue weighted by Crippen LogP contribution is -2.64. The van der Waals surface area contributed by atoms with Gasteiger partial charge in [0.15, 0.2) is 0 Å². The van der Waals surface area contributed by atoms with E-state index in [1.54, 1.807) is 13.8 Å². The molecule has 1 saturated heterocycles. The van der Waals surface area contributed by atoms with E-state index in [-0.39, 0.29) is 55.0 Å². The minimum Gasteiger partial charge on any atom is -0.507 e. The van der Waals surface area contributed by atoms with Crippen molar-refractivity contribution >= 4 is 19.0 Å². The quantitative estimate of drug-likeness (QED) is 0.198. The van der Waals surface area contributed by atoms with Gasteiger partial charge in [0.1, 0.15) is 28.7 Å². The van der Waals surface area contributed by atoms with Gasteiger partial charge in [-0.25, -0.2) is 4.79 Å². The van der Waals surface area contributed by atoms with E-state index in [2.05, 4.69) is 5.32 Å². The van der Waals surface area contributed by atoms with Crippen LogP contribution in [-0.2, 0) is 11.2 Å². The minimum atomic E-state index is -1.59. The van der Waals surface area contributed by atoms with Gasteiger partial charge >= 0.3 is 13.1 Å². The Morgan fingerprint density at radius 3 is 2.58 bits per heavy atom. The molecule has 2 unspecified atom stereocenters. The van der Waals surface area contributed by atoms with Crippen LogP contribution in [0.15, 0.2) is 12.1 Å². The van der Waals surface area contributed by atoms with Crippen molar-refractivity contribution in [3.8, 4) is 11.5 Å². The fraction of sp³-hybridized carbons (Fsp3) is 0.579. The smallest absolute Gasteiger partial charge is 0.454 e. The van der Waals surface area contributed by atoms with Crippen LogP contribution in [0.5, 0.6) is 11.5 Å². The molecule has 8 N–H and O–H groups in total. The van der Waals surface area contributed by atoms with Crippen LogP contribution in [0.2, 0.25) is 5.82 Å². The maximum atomic E-state index is 12.0. The van der Waals surface area contributed by atoms with Gasteiger partial charge in [0.25, 0.3) is 0 Å². The van der Waals surface area contributed by atoms with E-state index in [0.717, 1.165) is 0 Å². The number of aromatic carboxylic acids is 1. The molecule has 0 saturated carbocycles. The summed E-state index contributed by atoms with van der Waals surface area (Å²) < 4.78 is 5.75. The number of ether oxygens (including phenoxy) is 1.